The maximum Gasteiger partial charge on any atom is 0.224 e. The van der Waals surface area contributed by atoms with Crippen molar-refractivity contribution in [3.05, 3.63) is 71.8 Å². The summed E-state index contributed by atoms with van der Waals surface area (Å²) in [6.45, 7) is 0.834. The van der Waals surface area contributed by atoms with Gasteiger partial charge in [0.15, 0.2) is 0 Å². The molecule has 0 aliphatic heterocycles. The van der Waals surface area contributed by atoms with Crippen LogP contribution in [0, 0.1) is 0 Å². The summed E-state index contributed by atoms with van der Waals surface area (Å²) in [5.74, 6) is -0.0986. The highest BCUT2D eigenvalue weighted by Gasteiger charge is 2.17. The van der Waals surface area contributed by atoms with Crippen LogP contribution in [0.15, 0.2) is 60.7 Å². The molecule has 0 bridgehead atoms. The van der Waals surface area contributed by atoms with Gasteiger partial charge in [-0.1, -0.05) is 60.7 Å². The number of nitrogens with zero attached hydrogens (tertiary/aromatic N) is 1. The first-order valence-corrected chi connectivity index (χ1v) is 8.40. The van der Waals surface area contributed by atoms with Crippen LogP contribution in [0.3, 0.4) is 0 Å². The normalized spacial score (nSPS) is 12.7. The summed E-state index contributed by atoms with van der Waals surface area (Å²) >= 11 is 0. The van der Waals surface area contributed by atoms with Gasteiger partial charge >= 0.3 is 0 Å². The summed E-state index contributed by atoms with van der Waals surface area (Å²) in [5.41, 5.74) is 8.05. The van der Waals surface area contributed by atoms with Gasteiger partial charge in [-0.05, 0) is 11.1 Å². The molecule has 0 aliphatic carbocycles. The molecule has 0 heterocycles. The van der Waals surface area contributed by atoms with E-state index in [0.717, 1.165) is 11.1 Å². The van der Waals surface area contributed by atoms with E-state index in [1.165, 1.54) is 4.90 Å². The van der Waals surface area contributed by atoms with Crippen LogP contribution >= 0.6 is 12.4 Å². The number of carbonyl (C=O) groups excluding carboxylic acids is 1. The average Bonchev–Trinajstić information content (AvgIpc) is 2.63. The SMILES string of the molecule is CN(CC(O)COCc1ccccc1)C(=O)CC(N)c1ccccc1.Cl. The van der Waals surface area contributed by atoms with Crippen LogP contribution in [0.25, 0.3) is 0 Å². The molecule has 0 saturated carbocycles. The predicted octanol–water partition coefficient (Wildman–Crippen LogP) is 2.53. The smallest absolute Gasteiger partial charge is 0.224 e. The van der Waals surface area contributed by atoms with Crippen LogP contribution in [0.2, 0.25) is 0 Å². The fourth-order valence-electron chi connectivity index (χ4n) is 2.52. The number of aliphatic hydroxyl groups is 1. The molecule has 2 rings (SSSR count). The topological polar surface area (TPSA) is 75.8 Å². The van der Waals surface area contributed by atoms with Crippen LogP contribution in [0.4, 0.5) is 0 Å². The first kappa shape index (κ1) is 22.1. The molecule has 0 saturated heterocycles. The number of amides is 1. The third kappa shape index (κ3) is 7.54. The fraction of sp³-hybridized carbons (Fsp3) is 0.350. The predicted molar refractivity (Wildman–Crippen MR) is 105 cm³/mol. The molecule has 1 amide bonds. The minimum Gasteiger partial charge on any atom is -0.389 e. The Hall–Kier alpha value is -1.92. The lowest BCUT2D eigenvalue weighted by atomic mass is 10.0. The molecule has 2 aromatic rings. The van der Waals surface area contributed by atoms with E-state index in [1.807, 2.05) is 60.7 Å². The van der Waals surface area contributed by atoms with E-state index in [2.05, 4.69) is 0 Å². The molecule has 3 N–H and O–H groups in total. The zero-order valence-electron chi connectivity index (χ0n) is 15.0. The van der Waals surface area contributed by atoms with Crippen molar-refractivity contribution in [2.75, 3.05) is 20.2 Å². The van der Waals surface area contributed by atoms with Crippen molar-refractivity contribution >= 4 is 18.3 Å². The molecule has 142 valence electrons. The van der Waals surface area contributed by atoms with Crippen LogP contribution in [0.1, 0.15) is 23.6 Å². The Balaban J connectivity index is 0.00000338. The monoisotopic (exact) mass is 378 g/mol. The van der Waals surface area contributed by atoms with Gasteiger partial charge in [0.1, 0.15) is 0 Å². The molecular formula is C20H27ClN2O3. The lowest BCUT2D eigenvalue weighted by Gasteiger charge is -2.22. The van der Waals surface area contributed by atoms with Crippen molar-refractivity contribution in [1.82, 2.24) is 4.90 Å². The summed E-state index contributed by atoms with van der Waals surface area (Å²) < 4.78 is 5.50. The number of ether oxygens (including phenoxy) is 1. The standard InChI is InChI=1S/C20H26N2O3.ClH/c1-22(20(24)12-19(21)17-10-6-3-7-11-17)13-18(23)15-25-14-16-8-4-2-5-9-16;/h2-11,18-19,23H,12-15,21H2,1H3;1H. The summed E-state index contributed by atoms with van der Waals surface area (Å²) in [6.07, 6.45) is -0.524. The molecule has 2 atom stereocenters. The lowest BCUT2D eigenvalue weighted by molar-refractivity contribution is -0.132. The first-order chi connectivity index (χ1) is 12.1. The van der Waals surface area contributed by atoms with Crippen molar-refractivity contribution < 1.29 is 14.6 Å². The molecule has 2 unspecified atom stereocenters. The van der Waals surface area contributed by atoms with Crippen LogP contribution in [-0.4, -0.2) is 42.2 Å². The van der Waals surface area contributed by atoms with Crippen molar-refractivity contribution in [1.29, 1.82) is 0 Å². The molecule has 0 aliphatic rings. The van der Waals surface area contributed by atoms with Gasteiger partial charge in [-0.2, -0.15) is 0 Å². The van der Waals surface area contributed by atoms with Gasteiger partial charge in [0.05, 0.1) is 19.3 Å². The number of carbonyl (C=O) groups is 1. The van der Waals surface area contributed by atoms with Gasteiger partial charge in [0.25, 0.3) is 0 Å². The summed E-state index contributed by atoms with van der Waals surface area (Å²) in [5, 5.41) is 10.0. The molecule has 26 heavy (non-hydrogen) atoms. The number of nitrogens with two attached hydrogens (primary N) is 1. The van der Waals surface area contributed by atoms with Gasteiger partial charge in [0.2, 0.25) is 5.91 Å². The van der Waals surface area contributed by atoms with E-state index in [1.54, 1.807) is 7.05 Å². The number of benzene rings is 2. The lowest BCUT2D eigenvalue weighted by Crippen LogP contribution is -2.37. The molecule has 0 spiro atoms. The van der Waals surface area contributed by atoms with Gasteiger partial charge in [-0.15, -0.1) is 12.4 Å². The Labute approximate surface area is 161 Å². The summed E-state index contributed by atoms with van der Waals surface area (Å²) in [4.78, 5) is 13.8. The number of hydrogen-bond donors (Lipinski definition) is 2. The molecule has 5 nitrogen and oxygen atoms in total. The molecule has 0 aromatic heterocycles. The Morgan fingerprint density at radius 2 is 1.69 bits per heavy atom. The Morgan fingerprint density at radius 3 is 2.31 bits per heavy atom. The van der Waals surface area contributed by atoms with Crippen LogP contribution in [-0.2, 0) is 16.1 Å². The van der Waals surface area contributed by atoms with E-state index in [-0.39, 0.29) is 43.9 Å². The van der Waals surface area contributed by atoms with E-state index in [0.29, 0.717) is 6.61 Å². The summed E-state index contributed by atoms with van der Waals surface area (Å²) in [6, 6.07) is 18.9. The van der Waals surface area contributed by atoms with Crippen molar-refractivity contribution in [2.45, 2.75) is 25.2 Å². The number of likely N-dealkylation sites (N-methyl/N-ethyl adjacent to an activating group) is 1. The van der Waals surface area contributed by atoms with Gasteiger partial charge in [-0.3, -0.25) is 4.79 Å². The third-order valence-corrected chi connectivity index (χ3v) is 3.95. The first-order valence-electron chi connectivity index (χ1n) is 8.40. The molecule has 0 fully saturated rings. The summed E-state index contributed by atoms with van der Waals surface area (Å²) in [7, 11) is 1.67. The Bertz CT molecular complexity index is 640. The van der Waals surface area contributed by atoms with Crippen molar-refractivity contribution in [3.8, 4) is 0 Å². The average molecular weight is 379 g/mol. The van der Waals surface area contributed by atoms with Crippen LogP contribution < -0.4 is 5.73 Å². The maximum absolute atomic E-state index is 12.3. The minimum absolute atomic E-state index is 0. The van der Waals surface area contributed by atoms with E-state index in [4.69, 9.17) is 10.5 Å². The van der Waals surface area contributed by atoms with Crippen molar-refractivity contribution in [2.24, 2.45) is 5.73 Å². The second kappa shape index (κ2) is 11.6. The Kier molecular flexibility index (Phi) is 9.91. The van der Waals surface area contributed by atoms with Gasteiger partial charge < -0.3 is 20.5 Å². The largest absolute Gasteiger partial charge is 0.389 e. The second-order valence-electron chi connectivity index (χ2n) is 6.15. The number of hydrogen-bond acceptors (Lipinski definition) is 4. The Morgan fingerprint density at radius 1 is 1.12 bits per heavy atom. The molecule has 6 heteroatoms. The molecule has 0 radical (unpaired) electrons. The van der Waals surface area contributed by atoms with E-state index < -0.39 is 6.10 Å². The van der Waals surface area contributed by atoms with E-state index in [9.17, 15) is 9.90 Å². The van der Waals surface area contributed by atoms with Gasteiger partial charge in [0, 0.05) is 26.1 Å². The fourth-order valence-corrected chi connectivity index (χ4v) is 2.52. The highest BCUT2D eigenvalue weighted by Crippen LogP contribution is 2.14. The maximum atomic E-state index is 12.3. The molecule has 2 aromatic carbocycles. The van der Waals surface area contributed by atoms with Gasteiger partial charge in [-0.25, -0.2) is 0 Å². The van der Waals surface area contributed by atoms with Crippen LogP contribution in [0.5, 0.6) is 0 Å². The van der Waals surface area contributed by atoms with E-state index >= 15 is 0 Å². The van der Waals surface area contributed by atoms with Crippen molar-refractivity contribution in [3.63, 3.8) is 0 Å². The highest BCUT2D eigenvalue weighted by molar-refractivity contribution is 5.85. The number of aliphatic hydroxyl groups excluding tert-OH is 1. The third-order valence-electron chi connectivity index (χ3n) is 3.95. The zero-order chi connectivity index (χ0) is 18.1. The minimum atomic E-state index is -0.731. The quantitative estimate of drug-likeness (QED) is 0.703. The highest BCUT2D eigenvalue weighted by atomic mass is 35.5. The molecular weight excluding hydrogens is 352 g/mol. The second-order valence-corrected chi connectivity index (χ2v) is 6.15. The zero-order valence-corrected chi connectivity index (χ0v) is 15.8. The number of rotatable bonds is 9. The number of halogens is 1.